The van der Waals surface area contributed by atoms with Gasteiger partial charge < -0.3 is 5.32 Å². The molecule has 0 amide bonds. The van der Waals surface area contributed by atoms with Gasteiger partial charge in [0.2, 0.25) is 0 Å². The maximum atomic E-state index is 12.4. The zero-order chi connectivity index (χ0) is 13.7. The van der Waals surface area contributed by atoms with E-state index < -0.39 is 0 Å². The zero-order valence-corrected chi connectivity index (χ0v) is 11.5. The fourth-order valence-corrected chi connectivity index (χ4v) is 1.88. The van der Waals surface area contributed by atoms with Crippen LogP contribution in [0.15, 0.2) is 18.2 Å². The molecule has 1 unspecified atom stereocenters. The number of hydrogen-bond acceptors (Lipinski definition) is 3. The topological polar surface area (TPSA) is 46.2 Å². The summed E-state index contributed by atoms with van der Waals surface area (Å²) in [4.78, 5) is 24.1. The molecule has 1 rings (SSSR count). The van der Waals surface area contributed by atoms with E-state index in [4.69, 9.17) is 0 Å². The van der Waals surface area contributed by atoms with Gasteiger partial charge in [0.25, 0.3) is 0 Å². The van der Waals surface area contributed by atoms with Gasteiger partial charge in [-0.25, -0.2) is 0 Å². The number of nitrogens with one attached hydrogen (secondary N) is 1. The van der Waals surface area contributed by atoms with E-state index in [1.54, 1.807) is 6.07 Å². The van der Waals surface area contributed by atoms with Crippen LogP contribution in [0.3, 0.4) is 0 Å². The fraction of sp³-hybridized carbons (Fsp3) is 0.467. The molecule has 3 heteroatoms. The van der Waals surface area contributed by atoms with Crippen LogP contribution in [0.25, 0.3) is 0 Å². The predicted octanol–water partition coefficient (Wildman–Crippen LogP) is 3.55. The second-order valence-corrected chi connectivity index (χ2v) is 4.49. The molecule has 0 aliphatic heterocycles. The van der Waals surface area contributed by atoms with Crippen LogP contribution in [0, 0.1) is 5.92 Å². The van der Waals surface area contributed by atoms with Gasteiger partial charge in [-0.05, 0) is 26.3 Å². The lowest BCUT2D eigenvalue weighted by Gasteiger charge is -2.16. The van der Waals surface area contributed by atoms with E-state index in [1.807, 2.05) is 32.9 Å². The van der Waals surface area contributed by atoms with Crippen LogP contribution >= 0.6 is 0 Å². The van der Waals surface area contributed by atoms with E-state index in [-0.39, 0.29) is 17.5 Å². The molecule has 98 valence electrons. The number of rotatable bonds is 6. The van der Waals surface area contributed by atoms with E-state index in [0.717, 1.165) is 18.7 Å². The Bertz CT molecular complexity index is 452. The average molecular weight is 247 g/mol. The Balaban J connectivity index is 3.35. The standard InChI is InChI=1S/C15H21NO2/c1-5-10(3)15(18)14-12(11(4)17)8-7-9-13(14)16-6-2/h7-10,16H,5-6H2,1-4H3. The third-order valence-corrected chi connectivity index (χ3v) is 3.12. The summed E-state index contributed by atoms with van der Waals surface area (Å²) in [5.41, 5.74) is 1.82. The van der Waals surface area contributed by atoms with Gasteiger partial charge in [-0.15, -0.1) is 0 Å². The number of ketones is 2. The largest absolute Gasteiger partial charge is 0.385 e. The van der Waals surface area contributed by atoms with Gasteiger partial charge in [0.15, 0.2) is 11.6 Å². The molecule has 0 heterocycles. The van der Waals surface area contributed by atoms with Crippen molar-refractivity contribution in [3.05, 3.63) is 29.3 Å². The maximum Gasteiger partial charge on any atom is 0.168 e. The van der Waals surface area contributed by atoms with Crippen molar-refractivity contribution in [1.82, 2.24) is 0 Å². The Morgan fingerprint density at radius 1 is 1.28 bits per heavy atom. The minimum Gasteiger partial charge on any atom is -0.385 e. The summed E-state index contributed by atoms with van der Waals surface area (Å²) in [5.74, 6) is -0.0939. The van der Waals surface area contributed by atoms with Crippen molar-refractivity contribution in [2.45, 2.75) is 34.1 Å². The van der Waals surface area contributed by atoms with Crippen molar-refractivity contribution < 1.29 is 9.59 Å². The predicted molar refractivity (Wildman–Crippen MR) is 74.4 cm³/mol. The molecule has 1 aromatic rings. The Labute approximate surface area is 109 Å². The fourth-order valence-electron chi connectivity index (χ4n) is 1.88. The Kier molecular flexibility index (Phi) is 5.08. The lowest BCUT2D eigenvalue weighted by Crippen LogP contribution is -2.17. The van der Waals surface area contributed by atoms with Gasteiger partial charge in [-0.2, -0.15) is 0 Å². The minimum absolute atomic E-state index is 0.0410. The number of hydrogen-bond donors (Lipinski definition) is 1. The average Bonchev–Trinajstić information content (AvgIpc) is 2.37. The van der Waals surface area contributed by atoms with Crippen molar-refractivity contribution in [2.24, 2.45) is 5.92 Å². The first-order valence-electron chi connectivity index (χ1n) is 6.44. The highest BCUT2D eigenvalue weighted by Gasteiger charge is 2.22. The molecule has 0 saturated heterocycles. The molecule has 0 saturated carbocycles. The first-order valence-corrected chi connectivity index (χ1v) is 6.44. The second kappa shape index (κ2) is 6.34. The minimum atomic E-state index is -0.0681. The van der Waals surface area contributed by atoms with Crippen LogP contribution < -0.4 is 5.32 Å². The molecule has 0 aliphatic carbocycles. The first-order chi connectivity index (χ1) is 8.52. The van der Waals surface area contributed by atoms with E-state index in [1.165, 1.54) is 6.92 Å². The molecule has 1 aromatic carbocycles. The highest BCUT2D eigenvalue weighted by atomic mass is 16.1. The number of Topliss-reactive ketones (excluding diaryl/α,β-unsaturated/α-hetero) is 2. The third-order valence-electron chi connectivity index (χ3n) is 3.12. The molecular formula is C15H21NO2. The number of anilines is 1. The first kappa shape index (κ1) is 14.4. The molecule has 0 radical (unpaired) electrons. The van der Waals surface area contributed by atoms with Gasteiger partial charge >= 0.3 is 0 Å². The summed E-state index contributed by atoms with van der Waals surface area (Å²) in [6.07, 6.45) is 0.774. The second-order valence-electron chi connectivity index (χ2n) is 4.49. The van der Waals surface area contributed by atoms with Gasteiger partial charge in [0.1, 0.15) is 0 Å². The van der Waals surface area contributed by atoms with Gasteiger partial charge in [-0.3, -0.25) is 9.59 Å². The summed E-state index contributed by atoms with van der Waals surface area (Å²) in [5, 5.41) is 3.16. The molecule has 1 N–H and O–H groups in total. The highest BCUT2D eigenvalue weighted by Crippen LogP contribution is 2.25. The van der Waals surface area contributed by atoms with Crippen LogP contribution in [-0.4, -0.2) is 18.1 Å². The number of carbonyl (C=O) groups is 2. The SMILES string of the molecule is CCNc1cccc(C(C)=O)c1C(=O)C(C)CC. The van der Waals surface area contributed by atoms with Crippen molar-refractivity contribution in [3.8, 4) is 0 Å². The van der Waals surface area contributed by atoms with Gasteiger partial charge in [-0.1, -0.05) is 26.0 Å². The van der Waals surface area contributed by atoms with Crippen molar-refractivity contribution in [3.63, 3.8) is 0 Å². The summed E-state index contributed by atoms with van der Waals surface area (Å²) >= 11 is 0. The van der Waals surface area contributed by atoms with Crippen LogP contribution in [0.1, 0.15) is 54.8 Å². The van der Waals surface area contributed by atoms with E-state index in [0.29, 0.717) is 11.1 Å². The molecule has 1 atom stereocenters. The van der Waals surface area contributed by atoms with Crippen LogP contribution in [0.2, 0.25) is 0 Å². The van der Waals surface area contributed by atoms with Gasteiger partial charge in [0.05, 0.1) is 5.56 Å². The van der Waals surface area contributed by atoms with Crippen molar-refractivity contribution in [1.29, 1.82) is 0 Å². The van der Waals surface area contributed by atoms with E-state index >= 15 is 0 Å². The third kappa shape index (κ3) is 2.97. The Morgan fingerprint density at radius 2 is 1.94 bits per heavy atom. The Morgan fingerprint density at radius 3 is 2.44 bits per heavy atom. The summed E-state index contributed by atoms with van der Waals surface area (Å²) in [7, 11) is 0. The number of benzene rings is 1. The lowest BCUT2D eigenvalue weighted by molar-refractivity contribution is 0.0916. The van der Waals surface area contributed by atoms with E-state index in [9.17, 15) is 9.59 Å². The monoisotopic (exact) mass is 247 g/mol. The van der Waals surface area contributed by atoms with Crippen LogP contribution in [0.5, 0.6) is 0 Å². The molecule has 0 spiro atoms. The van der Waals surface area contributed by atoms with Crippen LogP contribution in [0.4, 0.5) is 5.69 Å². The lowest BCUT2D eigenvalue weighted by atomic mass is 9.91. The molecule has 3 nitrogen and oxygen atoms in total. The number of carbonyl (C=O) groups excluding carboxylic acids is 2. The molecule has 0 fully saturated rings. The zero-order valence-electron chi connectivity index (χ0n) is 11.5. The maximum absolute atomic E-state index is 12.4. The smallest absolute Gasteiger partial charge is 0.168 e. The van der Waals surface area contributed by atoms with Crippen LogP contribution in [-0.2, 0) is 0 Å². The molecular weight excluding hydrogens is 226 g/mol. The van der Waals surface area contributed by atoms with Gasteiger partial charge in [0, 0.05) is 23.7 Å². The summed E-state index contributed by atoms with van der Waals surface area (Å²) in [6.45, 7) is 8.07. The molecule has 0 bridgehead atoms. The Hall–Kier alpha value is -1.64. The normalized spacial score (nSPS) is 12.0. The molecule has 18 heavy (non-hydrogen) atoms. The quantitative estimate of drug-likeness (QED) is 0.782. The van der Waals surface area contributed by atoms with E-state index in [2.05, 4.69) is 5.32 Å². The summed E-state index contributed by atoms with van der Waals surface area (Å²) < 4.78 is 0. The highest BCUT2D eigenvalue weighted by molar-refractivity contribution is 6.12. The van der Waals surface area contributed by atoms with Crippen molar-refractivity contribution >= 4 is 17.3 Å². The summed E-state index contributed by atoms with van der Waals surface area (Å²) in [6, 6.07) is 5.38. The molecule has 0 aromatic heterocycles. The molecule has 0 aliphatic rings. The van der Waals surface area contributed by atoms with Crippen molar-refractivity contribution in [2.75, 3.05) is 11.9 Å².